The molecule has 2 N–H and O–H groups in total. The van der Waals surface area contributed by atoms with Crippen molar-refractivity contribution in [3.05, 3.63) is 94.0 Å². The maximum absolute atomic E-state index is 12.6. The van der Waals surface area contributed by atoms with Crippen LogP contribution in [0.1, 0.15) is 26.3 Å². The molecule has 3 aromatic carbocycles. The zero-order valence-corrected chi connectivity index (χ0v) is 19.1. The first-order chi connectivity index (χ1) is 15.6. The summed E-state index contributed by atoms with van der Waals surface area (Å²) >= 11 is 3.38. The van der Waals surface area contributed by atoms with Crippen LogP contribution >= 0.6 is 15.9 Å². The largest absolute Gasteiger partial charge is 0.490 e. The van der Waals surface area contributed by atoms with Gasteiger partial charge >= 0.3 is 0 Å². The highest BCUT2D eigenvalue weighted by atomic mass is 79.9. The summed E-state index contributed by atoms with van der Waals surface area (Å²) in [4.78, 5) is 25.1. The van der Waals surface area contributed by atoms with Gasteiger partial charge in [0.15, 0.2) is 0 Å². The van der Waals surface area contributed by atoms with Crippen LogP contribution in [0.25, 0.3) is 0 Å². The molecule has 166 valence electrons. The lowest BCUT2D eigenvalue weighted by molar-refractivity contribution is 0.0844. The molecule has 7 nitrogen and oxygen atoms in total. The molecule has 32 heavy (non-hydrogen) atoms. The summed E-state index contributed by atoms with van der Waals surface area (Å²) in [6.45, 7) is 1.17. The molecule has 8 heteroatoms. The van der Waals surface area contributed by atoms with Crippen molar-refractivity contribution in [3.8, 4) is 11.5 Å². The molecule has 3 rings (SSSR count). The molecule has 0 saturated carbocycles. The van der Waals surface area contributed by atoms with E-state index in [0.29, 0.717) is 46.9 Å². The molecule has 0 spiro atoms. The Kier molecular flexibility index (Phi) is 8.65. The number of hydrogen-bond donors (Lipinski definition) is 2. The van der Waals surface area contributed by atoms with Crippen molar-refractivity contribution in [2.45, 2.75) is 6.61 Å². The number of nitrogens with one attached hydrogen (secondary N) is 2. The van der Waals surface area contributed by atoms with Gasteiger partial charge in [-0.05, 0) is 51.8 Å². The Morgan fingerprint density at radius 2 is 1.53 bits per heavy atom. The highest BCUT2D eigenvalue weighted by Crippen LogP contribution is 2.26. The van der Waals surface area contributed by atoms with Gasteiger partial charge in [0.1, 0.15) is 24.7 Å². The number of methoxy groups -OCH3 is 1. The Labute approximate surface area is 194 Å². The van der Waals surface area contributed by atoms with E-state index in [1.165, 1.54) is 0 Å². The molecule has 0 aliphatic heterocycles. The molecule has 0 saturated heterocycles. The molecular weight excluding hydrogens is 476 g/mol. The first-order valence-corrected chi connectivity index (χ1v) is 10.7. The van der Waals surface area contributed by atoms with Crippen LogP contribution in [-0.4, -0.2) is 32.1 Å². The second kappa shape index (κ2) is 11.9. The Morgan fingerprint density at radius 1 is 0.812 bits per heavy atom. The van der Waals surface area contributed by atoms with Crippen LogP contribution in [0.3, 0.4) is 0 Å². The maximum atomic E-state index is 12.6. The van der Waals surface area contributed by atoms with Crippen LogP contribution in [0.2, 0.25) is 0 Å². The van der Waals surface area contributed by atoms with Gasteiger partial charge in [0.25, 0.3) is 11.8 Å². The Morgan fingerprint density at radius 3 is 2.28 bits per heavy atom. The molecule has 3 aromatic rings. The average molecular weight is 499 g/mol. The van der Waals surface area contributed by atoms with Gasteiger partial charge in [-0.1, -0.05) is 42.5 Å². The van der Waals surface area contributed by atoms with E-state index in [1.807, 2.05) is 30.3 Å². The Hall–Kier alpha value is -3.36. The first kappa shape index (κ1) is 23.3. The van der Waals surface area contributed by atoms with Crippen molar-refractivity contribution >= 4 is 27.7 Å². The van der Waals surface area contributed by atoms with Crippen LogP contribution in [-0.2, 0) is 11.3 Å². The van der Waals surface area contributed by atoms with Crippen molar-refractivity contribution in [2.75, 3.05) is 20.3 Å². The second-order valence-corrected chi connectivity index (χ2v) is 7.52. The molecular formula is C24H23BrN2O5. The summed E-state index contributed by atoms with van der Waals surface area (Å²) in [5, 5.41) is 0. The Bertz CT molecular complexity index is 1060. The van der Waals surface area contributed by atoms with E-state index in [4.69, 9.17) is 14.2 Å². The summed E-state index contributed by atoms with van der Waals surface area (Å²) in [5.41, 5.74) is 6.50. The van der Waals surface area contributed by atoms with Gasteiger partial charge in [-0.3, -0.25) is 20.4 Å². The number of rotatable bonds is 9. The standard InChI is InChI=1S/C24H23BrN2O5/c1-30-13-14-31-22-12-11-18(15-20(22)25)23(28)26-27-24(29)19-9-5-6-10-21(19)32-16-17-7-3-2-4-8-17/h2-12,15H,13-14,16H2,1H3,(H,26,28)(H,27,29). The molecule has 0 heterocycles. The molecule has 0 atom stereocenters. The van der Waals surface area contributed by atoms with Crippen molar-refractivity contribution < 1.29 is 23.8 Å². The van der Waals surface area contributed by atoms with Crippen molar-refractivity contribution in [1.82, 2.24) is 10.9 Å². The summed E-state index contributed by atoms with van der Waals surface area (Å²) in [7, 11) is 1.59. The number of carbonyl (C=O) groups excluding carboxylic acids is 2. The van der Waals surface area contributed by atoms with Gasteiger partial charge in [-0.2, -0.15) is 0 Å². The lowest BCUT2D eigenvalue weighted by Crippen LogP contribution is -2.41. The third-order valence-electron chi connectivity index (χ3n) is 4.40. The summed E-state index contributed by atoms with van der Waals surface area (Å²) in [6, 6.07) is 21.4. The van der Waals surface area contributed by atoms with Crippen molar-refractivity contribution in [3.63, 3.8) is 0 Å². The fraction of sp³-hybridized carbons (Fsp3) is 0.167. The van der Waals surface area contributed by atoms with Gasteiger partial charge in [0.05, 0.1) is 16.6 Å². The number of hydrazine groups is 1. The SMILES string of the molecule is COCCOc1ccc(C(=O)NNC(=O)c2ccccc2OCc2ccccc2)cc1Br. The van der Waals surface area contributed by atoms with E-state index in [-0.39, 0.29) is 0 Å². The van der Waals surface area contributed by atoms with Crippen molar-refractivity contribution in [1.29, 1.82) is 0 Å². The summed E-state index contributed by atoms with van der Waals surface area (Å²) < 4.78 is 16.9. The lowest BCUT2D eigenvalue weighted by atomic mass is 10.2. The van der Waals surface area contributed by atoms with Gasteiger partial charge < -0.3 is 14.2 Å². The fourth-order valence-corrected chi connectivity index (χ4v) is 3.26. The molecule has 0 unspecified atom stereocenters. The number of hydrogen-bond acceptors (Lipinski definition) is 5. The third kappa shape index (κ3) is 6.57. The number of benzene rings is 3. The van der Waals surface area contributed by atoms with Gasteiger partial charge in [-0.15, -0.1) is 0 Å². The predicted octanol–water partition coefficient (Wildman–Crippen LogP) is 4.13. The maximum Gasteiger partial charge on any atom is 0.273 e. The van der Waals surface area contributed by atoms with Gasteiger partial charge in [0.2, 0.25) is 0 Å². The average Bonchev–Trinajstić information content (AvgIpc) is 2.83. The molecule has 0 bridgehead atoms. The molecule has 0 aliphatic carbocycles. The number of ether oxygens (including phenoxy) is 3. The van der Waals surface area contributed by atoms with E-state index < -0.39 is 11.8 Å². The normalized spacial score (nSPS) is 10.3. The zero-order valence-electron chi connectivity index (χ0n) is 17.5. The summed E-state index contributed by atoms with van der Waals surface area (Å²) in [6.07, 6.45) is 0. The minimum Gasteiger partial charge on any atom is -0.490 e. The fourth-order valence-electron chi connectivity index (χ4n) is 2.76. The van der Waals surface area contributed by atoms with Crippen LogP contribution in [0.15, 0.2) is 77.3 Å². The third-order valence-corrected chi connectivity index (χ3v) is 5.02. The number of amides is 2. The van der Waals surface area contributed by atoms with Crippen LogP contribution < -0.4 is 20.3 Å². The highest BCUT2D eigenvalue weighted by Gasteiger charge is 2.15. The van der Waals surface area contributed by atoms with E-state index in [2.05, 4.69) is 26.8 Å². The van der Waals surface area contributed by atoms with Gasteiger partial charge in [-0.25, -0.2) is 0 Å². The first-order valence-electron chi connectivity index (χ1n) is 9.86. The van der Waals surface area contributed by atoms with Crippen molar-refractivity contribution in [2.24, 2.45) is 0 Å². The highest BCUT2D eigenvalue weighted by molar-refractivity contribution is 9.10. The number of halogens is 1. The predicted molar refractivity (Wildman–Crippen MR) is 124 cm³/mol. The van der Waals surface area contributed by atoms with E-state index in [0.717, 1.165) is 5.56 Å². The van der Waals surface area contributed by atoms with E-state index in [1.54, 1.807) is 49.6 Å². The topological polar surface area (TPSA) is 85.9 Å². The lowest BCUT2D eigenvalue weighted by Gasteiger charge is -2.13. The van der Waals surface area contributed by atoms with E-state index >= 15 is 0 Å². The molecule has 0 fully saturated rings. The number of carbonyl (C=O) groups is 2. The quantitative estimate of drug-likeness (QED) is 0.342. The zero-order chi connectivity index (χ0) is 22.8. The number of para-hydroxylation sites is 1. The van der Waals surface area contributed by atoms with Crippen LogP contribution in [0, 0.1) is 0 Å². The minimum absolute atomic E-state index is 0.312. The smallest absolute Gasteiger partial charge is 0.273 e. The minimum atomic E-state index is -0.486. The monoisotopic (exact) mass is 498 g/mol. The van der Waals surface area contributed by atoms with E-state index in [9.17, 15) is 9.59 Å². The molecule has 0 radical (unpaired) electrons. The second-order valence-electron chi connectivity index (χ2n) is 6.67. The molecule has 0 aromatic heterocycles. The Balaban J connectivity index is 1.58. The molecule has 0 aliphatic rings. The van der Waals surface area contributed by atoms with Crippen LogP contribution in [0.4, 0.5) is 0 Å². The summed E-state index contributed by atoms with van der Waals surface area (Å²) in [5.74, 6) is 0.0568. The molecule has 2 amide bonds. The van der Waals surface area contributed by atoms with Gasteiger partial charge in [0, 0.05) is 12.7 Å². The van der Waals surface area contributed by atoms with Crippen LogP contribution in [0.5, 0.6) is 11.5 Å².